The topological polar surface area (TPSA) is 90.3 Å². The molecule has 31 heavy (non-hydrogen) atoms. The Kier molecular flexibility index (Phi) is 5.48. The molecule has 0 unspecified atom stereocenters. The Morgan fingerprint density at radius 2 is 1.65 bits per heavy atom. The lowest BCUT2D eigenvalue weighted by atomic mass is 10.2. The minimum atomic E-state index is -3.75. The van der Waals surface area contributed by atoms with Crippen LogP contribution in [0.25, 0.3) is 16.6 Å². The molecular weight excluding hydrogens is 414 g/mol. The molecule has 0 radical (unpaired) electrons. The lowest BCUT2D eigenvalue weighted by Gasteiger charge is -2.13. The molecule has 0 spiro atoms. The van der Waals surface area contributed by atoms with Crippen LogP contribution < -0.4 is 15.0 Å². The van der Waals surface area contributed by atoms with Gasteiger partial charge >= 0.3 is 0 Å². The van der Waals surface area contributed by atoms with E-state index in [2.05, 4.69) is 9.71 Å². The van der Waals surface area contributed by atoms with E-state index in [-0.39, 0.29) is 10.5 Å². The van der Waals surface area contributed by atoms with Crippen LogP contribution in [0.2, 0.25) is 0 Å². The Balaban J connectivity index is 1.62. The predicted molar refractivity (Wildman–Crippen MR) is 120 cm³/mol. The van der Waals surface area contributed by atoms with Crippen molar-refractivity contribution in [3.05, 3.63) is 89.0 Å². The summed E-state index contributed by atoms with van der Waals surface area (Å²) in [7, 11) is -3.75. The second-order valence-corrected chi connectivity index (χ2v) is 8.56. The predicted octanol–water partition coefficient (Wildman–Crippen LogP) is 3.89. The van der Waals surface area contributed by atoms with Crippen LogP contribution in [-0.2, 0) is 10.0 Å². The van der Waals surface area contributed by atoms with E-state index in [4.69, 9.17) is 4.74 Å². The number of hydrogen-bond donors (Lipinski definition) is 1. The number of fused-ring (bicyclic) bond motifs is 1. The molecule has 0 bridgehead atoms. The van der Waals surface area contributed by atoms with Crippen LogP contribution in [0.5, 0.6) is 5.75 Å². The fourth-order valence-corrected chi connectivity index (χ4v) is 4.38. The summed E-state index contributed by atoms with van der Waals surface area (Å²) in [6, 6.07) is 20.0. The molecule has 158 valence electrons. The van der Waals surface area contributed by atoms with E-state index in [1.807, 2.05) is 13.0 Å². The highest BCUT2D eigenvalue weighted by atomic mass is 32.2. The molecule has 4 aromatic rings. The molecule has 0 aliphatic carbocycles. The number of rotatable bonds is 6. The van der Waals surface area contributed by atoms with Gasteiger partial charge in [-0.05, 0) is 74.5 Å². The number of ether oxygens (including phenoxy) is 1. The number of hydrogen-bond acceptors (Lipinski definition) is 5. The van der Waals surface area contributed by atoms with Crippen molar-refractivity contribution in [3.8, 4) is 11.4 Å². The Labute approximate surface area is 180 Å². The van der Waals surface area contributed by atoms with Gasteiger partial charge in [0.2, 0.25) is 0 Å². The molecule has 0 saturated heterocycles. The zero-order chi connectivity index (χ0) is 22.0. The van der Waals surface area contributed by atoms with Crippen molar-refractivity contribution in [2.24, 2.45) is 0 Å². The first kappa shape index (κ1) is 20.6. The Hall–Kier alpha value is -3.65. The van der Waals surface area contributed by atoms with Gasteiger partial charge in [-0.15, -0.1) is 0 Å². The molecule has 8 heteroatoms. The van der Waals surface area contributed by atoms with E-state index >= 15 is 0 Å². The zero-order valence-electron chi connectivity index (χ0n) is 17.1. The molecule has 0 fully saturated rings. The molecule has 0 atom stereocenters. The highest BCUT2D eigenvalue weighted by molar-refractivity contribution is 7.92. The highest BCUT2D eigenvalue weighted by Gasteiger charge is 2.15. The summed E-state index contributed by atoms with van der Waals surface area (Å²) in [5.41, 5.74) is 1.45. The number of nitrogens with zero attached hydrogens (tertiary/aromatic N) is 2. The molecule has 7 nitrogen and oxygen atoms in total. The fourth-order valence-electron chi connectivity index (χ4n) is 3.32. The summed E-state index contributed by atoms with van der Waals surface area (Å²) in [6.07, 6.45) is 0. The van der Waals surface area contributed by atoms with Gasteiger partial charge in [0.25, 0.3) is 15.6 Å². The quantitative estimate of drug-likeness (QED) is 0.496. The molecule has 3 aromatic carbocycles. The molecule has 1 heterocycles. The van der Waals surface area contributed by atoms with Crippen molar-refractivity contribution in [2.45, 2.75) is 18.7 Å². The monoisotopic (exact) mass is 435 g/mol. The Bertz CT molecular complexity index is 1390. The van der Waals surface area contributed by atoms with Crippen LogP contribution in [0.1, 0.15) is 12.7 Å². The van der Waals surface area contributed by atoms with Crippen LogP contribution in [0.3, 0.4) is 0 Å². The summed E-state index contributed by atoms with van der Waals surface area (Å²) in [4.78, 5) is 17.5. The van der Waals surface area contributed by atoms with E-state index in [1.165, 1.54) is 16.7 Å². The molecule has 1 aromatic heterocycles. The van der Waals surface area contributed by atoms with Gasteiger partial charge in [-0.3, -0.25) is 14.1 Å². The number of aromatic nitrogens is 2. The van der Waals surface area contributed by atoms with Gasteiger partial charge < -0.3 is 4.74 Å². The second-order valence-electron chi connectivity index (χ2n) is 6.87. The summed E-state index contributed by atoms with van der Waals surface area (Å²) in [6.45, 7) is 4.13. The molecule has 0 aliphatic heterocycles. The molecule has 0 amide bonds. The van der Waals surface area contributed by atoms with E-state index < -0.39 is 10.0 Å². The molecular formula is C23H21N3O4S. The van der Waals surface area contributed by atoms with Crippen LogP contribution >= 0.6 is 0 Å². The number of benzene rings is 3. The van der Waals surface area contributed by atoms with Crippen molar-refractivity contribution < 1.29 is 13.2 Å². The summed E-state index contributed by atoms with van der Waals surface area (Å²) in [5, 5.41) is 0.522. The average Bonchev–Trinajstić information content (AvgIpc) is 2.75. The van der Waals surface area contributed by atoms with Crippen molar-refractivity contribution in [3.63, 3.8) is 0 Å². The number of sulfonamides is 1. The van der Waals surface area contributed by atoms with Crippen LogP contribution in [0.15, 0.2) is 82.5 Å². The molecule has 4 rings (SSSR count). The van der Waals surface area contributed by atoms with E-state index in [0.717, 1.165) is 0 Å². The van der Waals surface area contributed by atoms with Crippen LogP contribution in [0, 0.1) is 6.92 Å². The fraction of sp³-hybridized carbons (Fsp3) is 0.130. The van der Waals surface area contributed by atoms with Crippen molar-refractivity contribution >= 4 is 26.6 Å². The van der Waals surface area contributed by atoms with Crippen LogP contribution in [-0.4, -0.2) is 24.6 Å². The third-order valence-corrected chi connectivity index (χ3v) is 6.16. The largest absolute Gasteiger partial charge is 0.494 e. The van der Waals surface area contributed by atoms with Crippen molar-refractivity contribution in [2.75, 3.05) is 11.3 Å². The minimum Gasteiger partial charge on any atom is -0.494 e. The van der Waals surface area contributed by atoms with Crippen molar-refractivity contribution in [1.82, 2.24) is 9.55 Å². The maximum Gasteiger partial charge on any atom is 0.265 e. The number of aryl methyl sites for hydroxylation is 1. The lowest BCUT2D eigenvalue weighted by Crippen LogP contribution is -2.22. The summed E-state index contributed by atoms with van der Waals surface area (Å²) >= 11 is 0. The average molecular weight is 436 g/mol. The van der Waals surface area contributed by atoms with E-state index in [1.54, 1.807) is 61.5 Å². The minimum absolute atomic E-state index is 0.130. The zero-order valence-corrected chi connectivity index (χ0v) is 17.9. The van der Waals surface area contributed by atoms with E-state index in [9.17, 15) is 13.2 Å². The second kappa shape index (κ2) is 8.23. The maximum atomic E-state index is 12.9. The molecule has 0 aliphatic rings. The van der Waals surface area contributed by atoms with E-state index in [0.29, 0.717) is 40.5 Å². The van der Waals surface area contributed by atoms with Crippen LogP contribution in [0.4, 0.5) is 5.69 Å². The third kappa shape index (κ3) is 4.15. The summed E-state index contributed by atoms with van der Waals surface area (Å²) in [5.74, 6) is 1.15. The number of nitrogens with one attached hydrogen (secondary N) is 1. The third-order valence-electron chi connectivity index (χ3n) is 4.77. The Morgan fingerprint density at radius 1 is 0.968 bits per heavy atom. The van der Waals surface area contributed by atoms with Gasteiger partial charge in [-0.25, -0.2) is 13.4 Å². The normalized spacial score (nSPS) is 11.4. The molecule has 1 N–H and O–H groups in total. The van der Waals surface area contributed by atoms with Gasteiger partial charge in [0.05, 0.1) is 28.1 Å². The standard InChI is InChI=1S/C23H21N3O4S/c1-3-30-19-12-14-20(15-13-19)31(28,29)25-17-8-10-18(11-9-17)26-16(2)24-22-7-5-4-6-21(22)23(26)27/h4-15,25H,3H2,1-2H3. The lowest BCUT2D eigenvalue weighted by molar-refractivity contribution is 0.340. The SMILES string of the molecule is CCOc1ccc(S(=O)(=O)Nc2ccc(-n3c(C)nc4ccccc4c3=O)cc2)cc1. The first-order chi connectivity index (χ1) is 14.9. The highest BCUT2D eigenvalue weighted by Crippen LogP contribution is 2.21. The first-order valence-corrected chi connectivity index (χ1v) is 11.2. The first-order valence-electron chi connectivity index (χ1n) is 9.73. The van der Waals surface area contributed by atoms with Gasteiger partial charge in [0.15, 0.2) is 0 Å². The van der Waals surface area contributed by atoms with Gasteiger partial charge in [-0.1, -0.05) is 12.1 Å². The molecule has 0 saturated carbocycles. The Morgan fingerprint density at radius 3 is 2.32 bits per heavy atom. The number of anilines is 1. The van der Waals surface area contributed by atoms with Gasteiger partial charge in [-0.2, -0.15) is 0 Å². The van der Waals surface area contributed by atoms with Crippen molar-refractivity contribution in [1.29, 1.82) is 0 Å². The van der Waals surface area contributed by atoms with Gasteiger partial charge in [0.1, 0.15) is 11.6 Å². The number of para-hydroxylation sites is 1. The summed E-state index contributed by atoms with van der Waals surface area (Å²) < 4.78 is 34.7. The smallest absolute Gasteiger partial charge is 0.265 e. The van der Waals surface area contributed by atoms with Gasteiger partial charge in [0, 0.05) is 5.69 Å². The maximum absolute atomic E-state index is 12.9.